The molecule has 5 heteroatoms. The summed E-state index contributed by atoms with van der Waals surface area (Å²) in [6.07, 6.45) is 6.56. The van der Waals surface area contributed by atoms with Gasteiger partial charge in [-0.25, -0.2) is 9.98 Å². The lowest BCUT2D eigenvalue weighted by Gasteiger charge is -2.07. The van der Waals surface area contributed by atoms with Crippen LogP contribution in [0.2, 0.25) is 0 Å². The van der Waals surface area contributed by atoms with E-state index in [-0.39, 0.29) is 0 Å². The maximum atomic E-state index is 5.95. The van der Waals surface area contributed by atoms with Crippen molar-refractivity contribution in [2.75, 3.05) is 5.32 Å². The Bertz CT molecular complexity index is 660. The average molecular weight is 300 g/mol. The number of benzene rings is 1. The van der Waals surface area contributed by atoms with E-state index in [1.54, 1.807) is 11.3 Å². The molecule has 0 atom stereocenters. The summed E-state index contributed by atoms with van der Waals surface area (Å²) in [5.74, 6) is 0.446. The molecule has 3 N–H and O–H groups in total. The summed E-state index contributed by atoms with van der Waals surface area (Å²) in [6, 6.07) is 6.45. The Hall–Kier alpha value is -1.88. The van der Waals surface area contributed by atoms with Gasteiger partial charge in [0.05, 0.1) is 6.54 Å². The van der Waals surface area contributed by atoms with Crippen molar-refractivity contribution in [2.24, 2.45) is 10.7 Å². The number of anilines is 1. The van der Waals surface area contributed by atoms with Crippen molar-refractivity contribution in [1.82, 2.24) is 4.98 Å². The highest BCUT2D eigenvalue weighted by atomic mass is 32.1. The number of nitrogens with one attached hydrogen (secondary N) is 1. The van der Waals surface area contributed by atoms with E-state index in [0.717, 1.165) is 17.1 Å². The van der Waals surface area contributed by atoms with Crippen LogP contribution in [0.4, 0.5) is 5.69 Å². The summed E-state index contributed by atoms with van der Waals surface area (Å²) >= 11 is 1.70. The van der Waals surface area contributed by atoms with Crippen molar-refractivity contribution >= 4 is 23.0 Å². The standard InChI is InChI=1S/C16H20N4S/c1-2-14-9-18-15(21-14)10-19-16(17)20-13-7-6-11-4-3-5-12(11)8-13/h6-9H,2-5,10H2,1H3,(H3,17,19,20). The molecule has 1 aromatic carbocycles. The molecule has 1 aromatic heterocycles. The zero-order valence-corrected chi connectivity index (χ0v) is 13.0. The third kappa shape index (κ3) is 3.42. The topological polar surface area (TPSA) is 63.3 Å². The van der Waals surface area contributed by atoms with Gasteiger partial charge in [0.1, 0.15) is 5.01 Å². The first-order valence-corrected chi connectivity index (χ1v) is 8.18. The van der Waals surface area contributed by atoms with Gasteiger partial charge in [-0.1, -0.05) is 13.0 Å². The highest BCUT2D eigenvalue weighted by Crippen LogP contribution is 2.24. The fourth-order valence-corrected chi connectivity index (χ4v) is 3.36. The molecule has 0 aliphatic heterocycles. The summed E-state index contributed by atoms with van der Waals surface area (Å²) in [5, 5.41) is 4.17. The monoisotopic (exact) mass is 300 g/mol. The Balaban J connectivity index is 1.62. The van der Waals surface area contributed by atoms with Crippen LogP contribution in [0.15, 0.2) is 29.4 Å². The summed E-state index contributed by atoms with van der Waals surface area (Å²) in [4.78, 5) is 9.99. The largest absolute Gasteiger partial charge is 0.370 e. The normalized spacial score (nSPS) is 14.2. The van der Waals surface area contributed by atoms with E-state index in [0.29, 0.717) is 12.5 Å². The molecule has 0 saturated heterocycles. The zero-order valence-electron chi connectivity index (χ0n) is 12.2. The van der Waals surface area contributed by atoms with E-state index in [4.69, 9.17) is 5.73 Å². The Morgan fingerprint density at radius 2 is 2.24 bits per heavy atom. The van der Waals surface area contributed by atoms with Gasteiger partial charge >= 0.3 is 0 Å². The number of nitrogens with zero attached hydrogens (tertiary/aromatic N) is 2. The molecule has 1 aliphatic carbocycles. The molecule has 0 amide bonds. The molecule has 0 spiro atoms. The number of aryl methyl sites for hydroxylation is 3. The molecule has 1 aliphatic rings. The molecule has 110 valence electrons. The molecule has 3 rings (SSSR count). The summed E-state index contributed by atoms with van der Waals surface area (Å²) in [7, 11) is 0. The van der Waals surface area contributed by atoms with Gasteiger partial charge in [0.15, 0.2) is 5.96 Å². The number of nitrogens with two attached hydrogens (primary N) is 1. The molecule has 0 radical (unpaired) electrons. The van der Waals surface area contributed by atoms with Crippen LogP contribution in [-0.2, 0) is 25.8 Å². The van der Waals surface area contributed by atoms with Crippen LogP contribution in [0.25, 0.3) is 0 Å². The number of hydrogen-bond acceptors (Lipinski definition) is 3. The van der Waals surface area contributed by atoms with Crippen LogP contribution in [0.5, 0.6) is 0 Å². The van der Waals surface area contributed by atoms with Crippen LogP contribution >= 0.6 is 11.3 Å². The summed E-state index contributed by atoms with van der Waals surface area (Å²) in [6.45, 7) is 2.67. The lowest BCUT2D eigenvalue weighted by molar-refractivity contribution is 0.912. The SMILES string of the molecule is CCc1cnc(CN=C(N)Nc2ccc3c(c2)CCC3)s1. The Morgan fingerprint density at radius 1 is 1.38 bits per heavy atom. The average Bonchev–Trinajstić information content (AvgIpc) is 3.13. The Morgan fingerprint density at radius 3 is 3.05 bits per heavy atom. The van der Waals surface area contributed by atoms with E-state index >= 15 is 0 Å². The number of rotatable bonds is 4. The highest BCUT2D eigenvalue weighted by Gasteiger charge is 2.10. The number of thiazole rings is 1. The third-order valence-corrected chi connectivity index (χ3v) is 4.83. The minimum absolute atomic E-state index is 0.446. The van der Waals surface area contributed by atoms with Crippen molar-refractivity contribution < 1.29 is 0 Å². The molecule has 21 heavy (non-hydrogen) atoms. The molecule has 4 nitrogen and oxygen atoms in total. The number of fused-ring (bicyclic) bond motifs is 1. The van der Waals surface area contributed by atoms with Gasteiger partial charge in [-0.3, -0.25) is 0 Å². The van der Waals surface area contributed by atoms with Gasteiger partial charge in [-0.05, 0) is 48.9 Å². The second-order valence-electron chi connectivity index (χ2n) is 5.24. The van der Waals surface area contributed by atoms with Gasteiger partial charge in [0.2, 0.25) is 0 Å². The predicted octanol–water partition coefficient (Wildman–Crippen LogP) is 3.12. The molecule has 2 aromatic rings. The van der Waals surface area contributed by atoms with E-state index in [1.165, 1.54) is 35.3 Å². The zero-order chi connectivity index (χ0) is 14.7. The molecule has 0 unspecified atom stereocenters. The predicted molar refractivity (Wildman–Crippen MR) is 88.9 cm³/mol. The quantitative estimate of drug-likeness (QED) is 0.673. The van der Waals surface area contributed by atoms with Gasteiger partial charge in [-0.15, -0.1) is 11.3 Å². The highest BCUT2D eigenvalue weighted by molar-refractivity contribution is 7.11. The number of aliphatic imine (C=N–C) groups is 1. The van der Waals surface area contributed by atoms with Crippen molar-refractivity contribution in [3.05, 3.63) is 45.4 Å². The Kier molecular flexibility index (Phi) is 4.20. The summed E-state index contributed by atoms with van der Waals surface area (Å²) < 4.78 is 0. The first kappa shape index (κ1) is 14.1. The molecular formula is C16H20N4S. The van der Waals surface area contributed by atoms with Crippen LogP contribution in [0.1, 0.15) is 34.4 Å². The van der Waals surface area contributed by atoms with Crippen molar-refractivity contribution in [2.45, 2.75) is 39.2 Å². The van der Waals surface area contributed by atoms with Crippen molar-refractivity contribution in [3.8, 4) is 0 Å². The molecule has 0 fully saturated rings. The third-order valence-electron chi connectivity index (χ3n) is 3.71. The van der Waals surface area contributed by atoms with Crippen molar-refractivity contribution in [3.63, 3.8) is 0 Å². The van der Waals surface area contributed by atoms with Crippen LogP contribution in [0, 0.1) is 0 Å². The fraction of sp³-hybridized carbons (Fsp3) is 0.375. The second kappa shape index (κ2) is 6.26. The van der Waals surface area contributed by atoms with Crippen molar-refractivity contribution in [1.29, 1.82) is 0 Å². The van der Waals surface area contributed by atoms with Crippen LogP contribution in [-0.4, -0.2) is 10.9 Å². The lowest BCUT2D eigenvalue weighted by Crippen LogP contribution is -2.22. The van der Waals surface area contributed by atoms with Gasteiger partial charge in [0.25, 0.3) is 0 Å². The number of hydrogen-bond donors (Lipinski definition) is 2. The first-order chi connectivity index (χ1) is 10.2. The Labute approximate surface area is 129 Å². The van der Waals surface area contributed by atoms with E-state index < -0.39 is 0 Å². The maximum absolute atomic E-state index is 5.95. The van der Waals surface area contributed by atoms with Gasteiger partial charge in [-0.2, -0.15) is 0 Å². The molecule has 0 bridgehead atoms. The smallest absolute Gasteiger partial charge is 0.193 e. The second-order valence-corrected chi connectivity index (χ2v) is 6.44. The molecular weight excluding hydrogens is 280 g/mol. The van der Waals surface area contributed by atoms with Crippen LogP contribution < -0.4 is 11.1 Å². The number of guanidine groups is 1. The molecule has 0 saturated carbocycles. The first-order valence-electron chi connectivity index (χ1n) is 7.37. The van der Waals surface area contributed by atoms with Crippen LogP contribution in [0.3, 0.4) is 0 Å². The minimum Gasteiger partial charge on any atom is -0.370 e. The van der Waals surface area contributed by atoms with Gasteiger partial charge in [0, 0.05) is 16.8 Å². The van der Waals surface area contributed by atoms with E-state index in [9.17, 15) is 0 Å². The maximum Gasteiger partial charge on any atom is 0.193 e. The lowest BCUT2D eigenvalue weighted by atomic mass is 10.1. The van der Waals surface area contributed by atoms with E-state index in [2.05, 4.69) is 40.4 Å². The number of aromatic nitrogens is 1. The fourth-order valence-electron chi connectivity index (χ4n) is 2.57. The summed E-state index contributed by atoms with van der Waals surface area (Å²) in [5.41, 5.74) is 9.87. The minimum atomic E-state index is 0.446. The van der Waals surface area contributed by atoms with Gasteiger partial charge < -0.3 is 11.1 Å². The van der Waals surface area contributed by atoms with E-state index in [1.807, 2.05) is 6.20 Å². The molecule has 1 heterocycles.